The van der Waals surface area contributed by atoms with E-state index in [9.17, 15) is 4.79 Å². The second-order valence-corrected chi connectivity index (χ2v) is 5.16. The number of hydrogen-bond donors (Lipinski definition) is 0. The molecule has 0 radical (unpaired) electrons. The molecule has 0 aliphatic carbocycles. The molecule has 0 spiro atoms. The zero-order valence-corrected chi connectivity index (χ0v) is 12.9. The lowest BCUT2D eigenvalue weighted by Gasteiger charge is -2.18. The molecule has 1 fully saturated rings. The van der Waals surface area contributed by atoms with Gasteiger partial charge in [-0.3, -0.25) is 4.79 Å². The fourth-order valence-corrected chi connectivity index (χ4v) is 2.54. The van der Waals surface area contributed by atoms with Crippen LogP contribution in [0.1, 0.15) is 42.5 Å². The molecule has 1 heterocycles. The summed E-state index contributed by atoms with van der Waals surface area (Å²) in [6, 6.07) is 7.39. The van der Waals surface area contributed by atoms with Gasteiger partial charge in [0.15, 0.2) is 5.78 Å². The molecule has 112 valence electrons. The number of hydrogen-bond acceptors (Lipinski definition) is 3. The molecular weight excluding hydrogens is 274 g/mol. The van der Waals surface area contributed by atoms with Crippen LogP contribution in [-0.4, -0.2) is 37.4 Å². The number of nitrogens with zero attached hydrogens (tertiary/aromatic N) is 1. The average Bonchev–Trinajstić information content (AvgIpc) is 2.73. The van der Waals surface area contributed by atoms with Crippen molar-refractivity contribution in [2.45, 2.75) is 32.1 Å². The zero-order valence-electron chi connectivity index (χ0n) is 12.1. The molecular formula is C16H23ClNO2-. The fraction of sp³-hybridized carbons (Fsp3) is 0.562. The average molecular weight is 297 g/mol. The maximum absolute atomic E-state index is 12.1. The van der Waals surface area contributed by atoms with Crippen LogP contribution < -0.4 is 17.1 Å². The van der Waals surface area contributed by atoms with Gasteiger partial charge >= 0.3 is 0 Å². The Hall–Kier alpha value is -1.06. The first-order valence-electron chi connectivity index (χ1n) is 7.19. The highest BCUT2D eigenvalue weighted by atomic mass is 35.5. The first-order valence-corrected chi connectivity index (χ1v) is 7.19. The maximum Gasteiger partial charge on any atom is 0.164 e. The molecule has 2 rings (SSSR count). The van der Waals surface area contributed by atoms with E-state index < -0.39 is 0 Å². The Labute approximate surface area is 127 Å². The molecule has 1 aliphatic heterocycles. The van der Waals surface area contributed by atoms with Crippen molar-refractivity contribution in [3.63, 3.8) is 0 Å². The highest BCUT2D eigenvalue weighted by Gasteiger charge is 2.12. The van der Waals surface area contributed by atoms with Gasteiger partial charge in [-0.2, -0.15) is 0 Å². The molecule has 0 unspecified atom stereocenters. The van der Waals surface area contributed by atoms with Crippen LogP contribution >= 0.6 is 0 Å². The van der Waals surface area contributed by atoms with Gasteiger partial charge in [-0.1, -0.05) is 12.8 Å². The summed E-state index contributed by atoms with van der Waals surface area (Å²) in [5, 5.41) is 0. The van der Waals surface area contributed by atoms with E-state index in [0.717, 1.165) is 30.9 Å². The highest BCUT2D eigenvalue weighted by Crippen LogP contribution is 2.14. The van der Waals surface area contributed by atoms with E-state index in [4.69, 9.17) is 4.74 Å². The molecule has 4 heteroatoms. The van der Waals surface area contributed by atoms with Crippen LogP contribution in [0.25, 0.3) is 0 Å². The van der Waals surface area contributed by atoms with Gasteiger partial charge in [-0.05, 0) is 50.2 Å². The molecule has 1 aromatic carbocycles. The third-order valence-electron chi connectivity index (χ3n) is 3.77. The van der Waals surface area contributed by atoms with E-state index >= 15 is 0 Å². The van der Waals surface area contributed by atoms with Crippen molar-refractivity contribution in [2.75, 3.05) is 26.7 Å². The van der Waals surface area contributed by atoms with Gasteiger partial charge in [0.05, 0.1) is 7.11 Å². The number of ether oxygens (including phenoxy) is 1. The van der Waals surface area contributed by atoms with Gasteiger partial charge in [-0.25, -0.2) is 0 Å². The Kier molecular flexibility index (Phi) is 7.63. The maximum atomic E-state index is 12.1. The summed E-state index contributed by atoms with van der Waals surface area (Å²) in [5.74, 6) is 1.02. The summed E-state index contributed by atoms with van der Waals surface area (Å²) < 4.78 is 5.10. The van der Waals surface area contributed by atoms with Crippen LogP contribution in [0.15, 0.2) is 24.3 Å². The van der Waals surface area contributed by atoms with E-state index in [1.54, 1.807) is 7.11 Å². The molecule has 0 N–H and O–H groups in total. The molecule has 0 bridgehead atoms. The Morgan fingerprint density at radius 1 is 1.10 bits per heavy atom. The van der Waals surface area contributed by atoms with Crippen LogP contribution in [-0.2, 0) is 0 Å². The second-order valence-electron chi connectivity index (χ2n) is 5.16. The minimum Gasteiger partial charge on any atom is -1.00 e. The van der Waals surface area contributed by atoms with Gasteiger partial charge < -0.3 is 22.0 Å². The highest BCUT2D eigenvalue weighted by molar-refractivity contribution is 5.96. The molecule has 3 nitrogen and oxygen atoms in total. The quantitative estimate of drug-likeness (QED) is 0.725. The number of halogens is 1. The lowest BCUT2D eigenvalue weighted by molar-refractivity contribution is -0.0000123. The molecule has 0 saturated carbocycles. The first-order chi connectivity index (χ1) is 9.29. The van der Waals surface area contributed by atoms with Gasteiger partial charge in [0.1, 0.15) is 5.75 Å². The summed E-state index contributed by atoms with van der Waals surface area (Å²) >= 11 is 0. The van der Waals surface area contributed by atoms with Crippen molar-refractivity contribution >= 4 is 5.78 Å². The van der Waals surface area contributed by atoms with Crippen molar-refractivity contribution in [3.8, 4) is 5.75 Å². The summed E-state index contributed by atoms with van der Waals surface area (Å²) in [4.78, 5) is 14.5. The zero-order chi connectivity index (χ0) is 13.5. The van der Waals surface area contributed by atoms with Gasteiger partial charge in [-0.15, -0.1) is 0 Å². The van der Waals surface area contributed by atoms with E-state index in [1.165, 1.54) is 25.7 Å². The minimum atomic E-state index is 0. The number of benzene rings is 1. The Bertz CT molecular complexity index is 397. The van der Waals surface area contributed by atoms with Crippen molar-refractivity contribution in [3.05, 3.63) is 29.8 Å². The summed E-state index contributed by atoms with van der Waals surface area (Å²) in [6.07, 6.45) is 5.84. The smallest absolute Gasteiger partial charge is 0.164 e. The number of rotatable bonds is 5. The van der Waals surface area contributed by atoms with E-state index in [0.29, 0.717) is 6.42 Å². The van der Waals surface area contributed by atoms with Crippen molar-refractivity contribution in [1.29, 1.82) is 0 Å². The summed E-state index contributed by atoms with van der Waals surface area (Å²) in [5.41, 5.74) is 0.788. The molecule has 0 amide bonds. The van der Waals surface area contributed by atoms with Crippen LogP contribution in [0.3, 0.4) is 0 Å². The number of methoxy groups -OCH3 is 1. The normalized spacial score (nSPS) is 16.1. The Balaban J connectivity index is 0.00000200. The third-order valence-corrected chi connectivity index (χ3v) is 3.77. The second kappa shape index (κ2) is 8.98. The lowest BCUT2D eigenvalue weighted by Crippen LogP contribution is -3.00. The largest absolute Gasteiger partial charge is 1.00 e. The first kappa shape index (κ1) is 17.0. The van der Waals surface area contributed by atoms with Crippen LogP contribution in [0, 0.1) is 0 Å². The number of ketones is 1. The van der Waals surface area contributed by atoms with E-state index in [2.05, 4.69) is 4.90 Å². The molecule has 0 atom stereocenters. The number of carbonyl (C=O) groups is 1. The number of likely N-dealkylation sites (tertiary alicyclic amines) is 1. The Morgan fingerprint density at radius 3 is 2.25 bits per heavy atom. The molecule has 0 aromatic heterocycles. The van der Waals surface area contributed by atoms with E-state index in [-0.39, 0.29) is 18.2 Å². The number of carbonyl (C=O) groups excluding carboxylic acids is 1. The molecule has 1 aliphatic rings. The number of Topliss-reactive ketones (excluding diaryl/α,β-unsaturated/α-hetero) is 1. The van der Waals surface area contributed by atoms with Crippen molar-refractivity contribution < 1.29 is 21.9 Å². The van der Waals surface area contributed by atoms with Crippen LogP contribution in [0.5, 0.6) is 5.75 Å². The van der Waals surface area contributed by atoms with Gasteiger partial charge in [0.2, 0.25) is 0 Å². The Morgan fingerprint density at radius 2 is 1.70 bits per heavy atom. The fourth-order valence-electron chi connectivity index (χ4n) is 2.54. The minimum absolute atomic E-state index is 0. The topological polar surface area (TPSA) is 29.5 Å². The lowest BCUT2D eigenvalue weighted by atomic mass is 10.1. The monoisotopic (exact) mass is 296 g/mol. The van der Waals surface area contributed by atoms with Crippen molar-refractivity contribution in [1.82, 2.24) is 4.90 Å². The van der Waals surface area contributed by atoms with Crippen LogP contribution in [0.4, 0.5) is 0 Å². The molecule has 1 aromatic rings. The van der Waals surface area contributed by atoms with Gasteiger partial charge in [0.25, 0.3) is 0 Å². The third kappa shape index (κ3) is 5.14. The van der Waals surface area contributed by atoms with Crippen LogP contribution in [0.2, 0.25) is 0 Å². The predicted octanol–water partition coefficient (Wildman–Crippen LogP) is 0.148. The SMILES string of the molecule is COc1ccc(C(=O)CCN2CCCCCC2)cc1.[Cl-]. The predicted molar refractivity (Wildman–Crippen MR) is 76.8 cm³/mol. The molecule has 1 saturated heterocycles. The summed E-state index contributed by atoms with van der Waals surface area (Å²) in [7, 11) is 1.64. The van der Waals surface area contributed by atoms with Gasteiger partial charge in [0, 0.05) is 18.5 Å². The van der Waals surface area contributed by atoms with E-state index in [1.807, 2.05) is 24.3 Å². The standard InChI is InChI=1S/C16H23NO2.ClH/c1-19-15-8-6-14(7-9-15)16(18)10-13-17-11-4-2-3-5-12-17;/h6-9H,2-5,10-13H2,1H3;1H/p-1. The molecule has 20 heavy (non-hydrogen) atoms. The van der Waals surface area contributed by atoms with Crippen molar-refractivity contribution in [2.24, 2.45) is 0 Å². The summed E-state index contributed by atoms with van der Waals surface area (Å²) in [6.45, 7) is 3.19.